The number of hydrogen-bond donors (Lipinski definition) is 2. The van der Waals surface area contributed by atoms with E-state index in [4.69, 9.17) is 9.47 Å². The Morgan fingerprint density at radius 2 is 1.66 bits per heavy atom. The highest BCUT2D eigenvalue weighted by Crippen LogP contribution is 2.32. The van der Waals surface area contributed by atoms with Crippen LogP contribution in [0.4, 0.5) is 11.6 Å². The van der Waals surface area contributed by atoms with E-state index in [2.05, 4.69) is 20.0 Å². The lowest BCUT2D eigenvalue weighted by Crippen LogP contribution is -2.15. The first-order chi connectivity index (χ1) is 15.3. The normalized spacial score (nSPS) is 12.7. The summed E-state index contributed by atoms with van der Waals surface area (Å²) in [4.78, 5) is 20.6. The highest BCUT2D eigenvalue weighted by Gasteiger charge is 2.17. The number of benzene rings is 2. The largest absolute Gasteiger partial charge is 0.454 e. The second kappa shape index (κ2) is 8.67. The van der Waals surface area contributed by atoms with E-state index in [0.29, 0.717) is 34.1 Å². The van der Waals surface area contributed by atoms with Crippen LogP contribution < -0.4 is 19.5 Å². The minimum absolute atomic E-state index is 0.0228. The molecule has 0 aliphatic carbocycles. The van der Waals surface area contributed by atoms with Crippen molar-refractivity contribution in [2.45, 2.75) is 18.7 Å². The predicted octanol–water partition coefficient (Wildman–Crippen LogP) is 3.43. The van der Waals surface area contributed by atoms with Crippen molar-refractivity contribution < 1.29 is 22.7 Å². The average molecular weight is 452 g/mol. The zero-order valence-electron chi connectivity index (χ0n) is 17.3. The summed E-state index contributed by atoms with van der Waals surface area (Å²) >= 11 is 0. The molecule has 3 aromatic rings. The van der Waals surface area contributed by atoms with Gasteiger partial charge in [-0.3, -0.25) is 4.79 Å². The molecule has 0 radical (unpaired) electrons. The molecule has 4 rings (SSSR count). The number of rotatable bonds is 7. The molecular weight excluding hydrogens is 432 g/mol. The third kappa shape index (κ3) is 4.86. The topological polar surface area (TPSA) is 120 Å². The summed E-state index contributed by atoms with van der Waals surface area (Å²) in [5.74, 6) is 0.952. The fourth-order valence-corrected chi connectivity index (χ4v) is 3.98. The minimum Gasteiger partial charge on any atom is -0.454 e. The molecule has 0 unspecified atom stereocenters. The van der Waals surface area contributed by atoms with Crippen molar-refractivity contribution >= 4 is 27.4 Å². The van der Waals surface area contributed by atoms with Crippen LogP contribution in [0.3, 0.4) is 0 Å². The van der Waals surface area contributed by atoms with E-state index in [1.807, 2.05) is 0 Å². The highest BCUT2D eigenvalue weighted by molar-refractivity contribution is 7.92. The van der Waals surface area contributed by atoms with Crippen molar-refractivity contribution in [3.8, 4) is 11.5 Å². The summed E-state index contributed by atoms with van der Waals surface area (Å²) in [7, 11) is -3.84. The fourth-order valence-electron chi connectivity index (χ4n) is 3.04. The van der Waals surface area contributed by atoms with E-state index in [9.17, 15) is 13.2 Å². The first kappa shape index (κ1) is 21.3. The molecule has 0 atom stereocenters. The Kier molecular flexibility index (Phi) is 5.78. The zero-order chi connectivity index (χ0) is 22.7. The number of fused-ring (bicyclic) bond motifs is 1. The highest BCUT2D eigenvalue weighted by atomic mass is 32.2. The van der Waals surface area contributed by atoms with E-state index < -0.39 is 10.0 Å². The van der Waals surface area contributed by atoms with Crippen molar-refractivity contribution in [1.82, 2.24) is 9.97 Å². The van der Waals surface area contributed by atoms with Gasteiger partial charge in [-0.15, -0.1) is 0 Å². The van der Waals surface area contributed by atoms with Gasteiger partial charge in [0.1, 0.15) is 0 Å². The van der Waals surface area contributed by atoms with Gasteiger partial charge >= 0.3 is 0 Å². The number of nitrogens with one attached hydrogen (secondary N) is 2. The molecule has 2 N–H and O–H groups in total. The number of ketones is 1. The number of allylic oxidation sites excluding steroid dienone is 1. The SMILES string of the molecule is Cc1cc(C)nc(NS(=O)(=O)c2ccc(N/C=C\C(=O)c3ccc4c(c3)OCO4)cc2)n1. The number of sulfonamides is 1. The summed E-state index contributed by atoms with van der Waals surface area (Å²) in [5.41, 5.74) is 2.41. The van der Waals surface area contributed by atoms with E-state index in [0.717, 1.165) is 0 Å². The van der Waals surface area contributed by atoms with Gasteiger partial charge in [0.25, 0.3) is 10.0 Å². The first-order valence-electron chi connectivity index (χ1n) is 9.62. The molecule has 0 bridgehead atoms. The quantitative estimate of drug-likeness (QED) is 0.413. The molecule has 1 aromatic heterocycles. The monoisotopic (exact) mass is 452 g/mol. The summed E-state index contributed by atoms with van der Waals surface area (Å²) in [6, 6.07) is 12.8. The van der Waals surface area contributed by atoms with Gasteiger partial charge in [0.15, 0.2) is 17.3 Å². The van der Waals surface area contributed by atoms with Gasteiger partial charge in [-0.2, -0.15) is 0 Å². The number of aromatic nitrogens is 2. The maximum atomic E-state index is 12.6. The molecular formula is C22H20N4O5S. The van der Waals surface area contributed by atoms with Crippen molar-refractivity contribution in [3.63, 3.8) is 0 Å². The molecule has 32 heavy (non-hydrogen) atoms. The van der Waals surface area contributed by atoms with E-state index in [-0.39, 0.29) is 23.4 Å². The first-order valence-corrected chi connectivity index (χ1v) is 11.1. The Labute approximate surface area is 185 Å². The number of nitrogens with zero attached hydrogens (tertiary/aromatic N) is 2. The maximum absolute atomic E-state index is 12.6. The average Bonchev–Trinajstić information content (AvgIpc) is 3.21. The molecule has 9 nitrogen and oxygen atoms in total. The Hall–Kier alpha value is -3.92. The number of carbonyl (C=O) groups excluding carboxylic acids is 1. The standard InChI is InChI=1S/C22H20N4O5S/c1-14-11-15(2)25-22(24-14)26-32(28,29)18-6-4-17(5-7-18)23-10-9-19(27)16-3-8-20-21(12-16)31-13-30-20/h3-12,23H,13H2,1-2H3,(H,24,25,26)/b10-9-. The Bertz CT molecular complexity index is 1280. The molecule has 10 heteroatoms. The lowest BCUT2D eigenvalue weighted by Gasteiger charge is -2.09. The van der Waals surface area contributed by atoms with Crippen molar-refractivity contribution in [2.24, 2.45) is 0 Å². The van der Waals surface area contributed by atoms with Crippen molar-refractivity contribution in [1.29, 1.82) is 0 Å². The number of carbonyl (C=O) groups is 1. The summed E-state index contributed by atoms with van der Waals surface area (Å²) in [5, 5.41) is 2.94. The molecule has 0 spiro atoms. The second-order valence-electron chi connectivity index (χ2n) is 7.01. The van der Waals surface area contributed by atoms with Gasteiger partial charge in [-0.25, -0.2) is 23.1 Å². The molecule has 0 saturated carbocycles. The second-order valence-corrected chi connectivity index (χ2v) is 8.70. The molecule has 2 aromatic carbocycles. The van der Waals surface area contributed by atoms with Crippen LogP contribution in [0.25, 0.3) is 0 Å². The summed E-state index contributed by atoms with van der Waals surface area (Å²) in [6.45, 7) is 3.67. The van der Waals surface area contributed by atoms with Crippen LogP contribution in [-0.4, -0.2) is 31.0 Å². The number of aryl methyl sites for hydroxylation is 2. The number of hydrogen-bond acceptors (Lipinski definition) is 8. The third-order valence-electron chi connectivity index (χ3n) is 4.51. The molecule has 0 amide bonds. The maximum Gasteiger partial charge on any atom is 0.264 e. The van der Waals surface area contributed by atoms with Gasteiger partial charge in [0, 0.05) is 34.9 Å². The van der Waals surface area contributed by atoms with E-state index in [1.54, 1.807) is 50.2 Å². The Morgan fingerprint density at radius 3 is 2.38 bits per heavy atom. The van der Waals surface area contributed by atoms with Gasteiger partial charge in [0.05, 0.1) is 4.90 Å². The van der Waals surface area contributed by atoms with E-state index >= 15 is 0 Å². The molecule has 0 fully saturated rings. The molecule has 164 valence electrons. The van der Waals surface area contributed by atoms with Crippen LogP contribution in [0.2, 0.25) is 0 Å². The van der Waals surface area contributed by atoms with Crippen LogP contribution in [0.1, 0.15) is 21.7 Å². The Balaban J connectivity index is 1.39. The molecule has 1 aliphatic rings. The van der Waals surface area contributed by atoms with Gasteiger partial charge in [0.2, 0.25) is 12.7 Å². The number of ether oxygens (including phenoxy) is 2. The van der Waals surface area contributed by atoms with Gasteiger partial charge in [-0.05, 0) is 62.4 Å². The predicted molar refractivity (Wildman–Crippen MR) is 118 cm³/mol. The molecule has 2 heterocycles. The fraction of sp³-hybridized carbons (Fsp3) is 0.136. The van der Waals surface area contributed by atoms with Gasteiger partial charge in [-0.1, -0.05) is 0 Å². The zero-order valence-corrected chi connectivity index (χ0v) is 18.1. The van der Waals surface area contributed by atoms with Crippen molar-refractivity contribution in [2.75, 3.05) is 16.8 Å². The summed E-state index contributed by atoms with van der Waals surface area (Å²) in [6.07, 6.45) is 2.86. The lowest BCUT2D eigenvalue weighted by molar-refractivity contribution is 0.104. The molecule has 1 aliphatic heterocycles. The lowest BCUT2D eigenvalue weighted by atomic mass is 10.1. The van der Waals surface area contributed by atoms with Crippen LogP contribution in [0.5, 0.6) is 11.5 Å². The van der Waals surface area contributed by atoms with Crippen LogP contribution in [-0.2, 0) is 10.0 Å². The minimum atomic E-state index is -3.84. The summed E-state index contributed by atoms with van der Waals surface area (Å²) < 4.78 is 38.1. The van der Waals surface area contributed by atoms with Gasteiger partial charge < -0.3 is 14.8 Å². The third-order valence-corrected chi connectivity index (χ3v) is 5.86. The smallest absolute Gasteiger partial charge is 0.264 e. The van der Waals surface area contributed by atoms with Crippen LogP contribution in [0.15, 0.2) is 65.7 Å². The van der Waals surface area contributed by atoms with Crippen LogP contribution >= 0.6 is 0 Å². The number of anilines is 2. The van der Waals surface area contributed by atoms with E-state index in [1.165, 1.54) is 24.4 Å². The Morgan fingerprint density at radius 1 is 0.969 bits per heavy atom. The van der Waals surface area contributed by atoms with Crippen LogP contribution in [0, 0.1) is 13.8 Å². The van der Waals surface area contributed by atoms with Crippen molar-refractivity contribution in [3.05, 3.63) is 77.8 Å². The molecule has 0 saturated heterocycles.